The number of rotatable bonds is 5. The van der Waals surface area contributed by atoms with E-state index in [1.807, 2.05) is 55.5 Å². The highest BCUT2D eigenvalue weighted by Crippen LogP contribution is 2.22. The molecule has 0 heterocycles. The van der Waals surface area contributed by atoms with Crippen LogP contribution in [-0.4, -0.2) is 25.0 Å². The Morgan fingerprint density at radius 1 is 1.00 bits per heavy atom. The molecule has 1 N–H and O–H groups in total. The summed E-state index contributed by atoms with van der Waals surface area (Å²) in [5, 5.41) is 2.97. The molecule has 0 spiro atoms. The predicted molar refractivity (Wildman–Crippen MR) is 109 cm³/mol. The normalized spacial score (nSPS) is 12.4. The Balaban J connectivity index is 1.97. The van der Waals surface area contributed by atoms with Crippen molar-refractivity contribution in [1.29, 1.82) is 0 Å². The molecule has 2 rings (SSSR count). The zero-order valence-electron chi connectivity index (χ0n) is 16.2. The lowest BCUT2D eigenvalue weighted by atomic mass is 9.87. The molecule has 0 bridgehead atoms. The van der Waals surface area contributed by atoms with E-state index in [0.29, 0.717) is 12.1 Å². The first-order valence-electron chi connectivity index (χ1n) is 8.74. The molecular formula is C22H27N3O. The maximum Gasteiger partial charge on any atom is 0.251 e. The second-order valence-corrected chi connectivity index (χ2v) is 7.30. The van der Waals surface area contributed by atoms with E-state index in [-0.39, 0.29) is 11.3 Å². The molecule has 2 aromatic rings. The lowest BCUT2D eigenvalue weighted by molar-refractivity contribution is 0.0951. The van der Waals surface area contributed by atoms with Crippen molar-refractivity contribution in [2.75, 3.05) is 7.05 Å². The topological polar surface area (TPSA) is 53.8 Å². The average molecular weight is 349 g/mol. The summed E-state index contributed by atoms with van der Waals surface area (Å²) >= 11 is 0. The van der Waals surface area contributed by atoms with E-state index in [4.69, 9.17) is 0 Å². The molecule has 0 aliphatic carbocycles. The van der Waals surface area contributed by atoms with Crippen molar-refractivity contribution in [3.05, 3.63) is 70.8 Å². The van der Waals surface area contributed by atoms with Crippen molar-refractivity contribution in [1.82, 2.24) is 5.32 Å². The molecule has 0 radical (unpaired) electrons. The Kier molecular flexibility index (Phi) is 6.45. The average Bonchev–Trinajstić information content (AvgIpc) is 2.64. The molecule has 0 unspecified atom stereocenters. The number of carbonyl (C=O) groups is 1. The van der Waals surface area contributed by atoms with Gasteiger partial charge in [0.15, 0.2) is 0 Å². The predicted octanol–water partition coefficient (Wildman–Crippen LogP) is 4.38. The molecule has 1 amide bonds. The van der Waals surface area contributed by atoms with Crippen LogP contribution in [0.1, 0.15) is 54.7 Å². The van der Waals surface area contributed by atoms with Crippen LogP contribution in [0, 0.1) is 0 Å². The van der Waals surface area contributed by atoms with Crippen LogP contribution in [0.3, 0.4) is 0 Å². The van der Waals surface area contributed by atoms with Crippen molar-refractivity contribution in [3.63, 3.8) is 0 Å². The fourth-order valence-electron chi connectivity index (χ4n) is 2.49. The van der Waals surface area contributed by atoms with Crippen LogP contribution in [-0.2, 0) is 12.0 Å². The summed E-state index contributed by atoms with van der Waals surface area (Å²) in [6.07, 6.45) is 1.54. The molecule has 0 aromatic heterocycles. The van der Waals surface area contributed by atoms with Crippen LogP contribution in [0.4, 0.5) is 0 Å². The highest BCUT2D eigenvalue weighted by atomic mass is 16.1. The van der Waals surface area contributed by atoms with E-state index in [9.17, 15) is 4.79 Å². The quantitative estimate of drug-likeness (QED) is 0.632. The van der Waals surface area contributed by atoms with Crippen LogP contribution in [0.15, 0.2) is 58.5 Å². The van der Waals surface area contributed by atoms with E-state index in [2.05, 4.69) is 36.1 Å². The number of nitrogens with zero attached hydrogens (tertiary/aromatic N) is 2. The van der Waals surface area contributed by atoms with Gasteiger partial charge in [-0.05, 0) is 41.2 Å². The van der Waals surface area contributed by atoms with Gasteiger partial charge in [-0.3, -0.25) is 9.79 Å². The number of hydrogen-bond donors (Lipinski definition) is 1. The van der Waals surface area contributed by atoms with Crippen molar-refractivity contribution in [3.8, 4) is 0 Å². The van der Waals surface area contributed by atoms with Crippen molar-refractivity contribution < 1.29 is 4.79 Å². The SMILES string of the molecule is CN=CN=C(C)c1ccc(CNC(=O)c2ccc(C(C)(C)C)cc2)cc1. The van der Waals surface area contributed by atoms with Gasteiger partial charge in [-0.2, -0.15) is 0 Å². The molecule has 0 saturated carbocycles. The van der Waals surface area contributed by atoms with Crippen molar-refractivity contribution >= 4 is 18.0 Å². The second kappa shape index (κ2) is 8.56. The van der Waals surface area contributed by atoms with Crippen molar-refractivity contribution in [2.24, 2.45) is 9.98 Å². The third-order valence-corrected chi connectivity index (χ3v) is 4.20. The third-order valence-electron chi connectivity index (χ3n) is 4.20. The molecule has 2 aromatic carbocycles. The first kappa shape index (κ1) is 19.6. The maximum atomic E-state index is 12.3. The van der Waals surface area contributed by atoms with Crippen LogP contribution >= 0.6 is 0 Å². The van der Waals surface area contributed by atoms with E-state index < -0.39 is 0 Å². The highest BCUT2D eigenvalue weighted by Gasteiger charge is 2.14. The van der Waals surface area contributed by atoms with Gasteiger partial charge >= 0.3 is 0 Å². The molecule has 136 valence electrons. The summed E-state index contributed by atoms with van der Waals surface area (Å²) in [5.41, 5.74) is 4.97. The molecule has 26 heavy (non-hydrogen) atoms. The van der Waals surface area contributed by atoms with E-state index in [0.717, 1.165) is 16.8 Å². The molecule has 0 aliphatic rings. The Bertz CT molecular complexity index is 795. The van der Waals surface area contributed by atoms with Crippen LogP contribution < -0.4 is 5.32 Å². The first-order chi connectivity index (χ1) is 12.3. The Labute approximate surface area is 156 Å². The molecular weight excluding hydrogens is 322 g/mol. The third kappa shape index (κ3) is 5.38. The minimum atomic E-state index is -0.0635. The van der Waals surface area contributed by atoms with Crippen LogP contribution in [0.5, 0.6) is 0 Å². The van der Waals surface area contributed by atoms with Gasteiger partial charge in [0.05, 0.1) is 0 Å². The maximum absolute atomic E-state index is 12.3. The number of nitrogens with one attached hydrogen (secondary N) is 1. The zero-order chi connectivity index (χ0) is 19.2. The van der Waals surface area contributed by atoms with E-state index in [1.165, 1.54) is 11.9 Å². The second-order valence-electron chi connectivity index (χ2n) is 7.30. The van der Waals surface area contributed by atoms with E-state index in [1.54, 1.807) is 7.05 Å². The number of carbonyl (C=O) groups excluding carboxylic acids is 1. The van der Waals surface area contributed by atoms with E-state index >= 15 is 0 Å². The fourth-order valence-corrected chi connectivity index (χ4v) is 2.49. The fraction of sp³-hybridized carbons (Fsp3) is 0.318. The van der Waals surface area contributed by atoms with Crippen LogP contribution in [0.25, 0.3) is 0 Å². The van der Waals surface area contributed by atoms with Gasteiger partial charge in [-0.25, -0.2) is 4.99 Å². The Morgan fingerprint density at radius 3 is 2.12 bits per heavy atom. The van der Waals surface area contributed by atoms with Crippen LogP contribution in [0.2, 0.25) is 0 Å². The summed E-state index contributed by atoms with van der Waals surface area (Å²) in [4.78, 5) is 20.4. The lowest BCUT2D eigenvalue weighted by Gasteiger charge is -2.19. The highest BCUT2D eigenvalue weighted by molar-refractivity contribution is 6.02. The van der Waals surface area contributed by atoms with Gasteiger partial charge in [-0.1, -0.05) is 57.2 Å². The minimum Gasteiger partial charge on any atom is -0.348 e. The van der Waals surface area contributed by atoms with Gasteiger partial charge in [0, 0.05) is 24.9 Å². The monoisotopic (exact) mass is 349 g/mol. The summed E-state index contributed by atoms with van der Waals surface area (Å²) in [7, 11) is 1.69. The summed E-state index contributed by atoms with van der Waals surface area (Å²) in [6.45, 7) is 8.92. The lowest BCUT2D eigenvalue weighted by Crippen LogP contribution is -2.23. The van der Waals surface area contributed by atoms with Gasteiger partial charge < -0.3 is 5.32 Å². The Hall–Kier alpha value is -2.75. The smallest absolute Gasteiger partial charge is 0.251 e. The first-order valence-corrected chi connectivity index (χ1v) is 8.74. The van der Waals surface area contributed by atoms with Gasteiger partial charge in [0.2, 0.25) is 0 Å². The Morgan fingerprint density at radius 2 is 1.58 bits per heavy atom. The number of benzene rings is 2. The minimum absolute atomic E-state index is 0.0635. The molecule has 4 heteroatoms. The summed E-state index contributed by atoms with van der Waals surface area (Å²) in [5.74, 6) is -0.0635. The molecule has 0 fully saturated rings. The summed E-state index contributed by atoms with van der Waals surface area (Å²) < 4.78 is 0. The standard InChI is InChI=1S/C22H27N3O/c1-16(25-15-23-5)18-8-6-17(7-9-18)14-24-21(26)19-10-12-20(13-11-19)22(2,3)4/h6-13,15H,14H2,1-5H3,(H,24,26). The van der Waals surface area contributed by atoms with Crippen molar-refractivity contribution in [2.45, 2.75) is 39.7 Å². The molecule has 4 nitrogen and oxygen atoms in total. The number of hydrogen-bond acceptors (Lipinski definition) is 2. The molecule has 0 saturated heterocycles. The van der Waals surface area contributed by atoms with Gasteiger partial charge in [0.1, 0.15) is 6.34 Å². The molecule has 0 atom stereocenters. The zero-order valence-corrected chi connectivity index (χ0v) is 16.2. The summed E-state index contributed by atoms with van der Waals surface area (Å²) in [6, 6.07) is 15.8. The van der Waals surface area contributed by atoms with Gasteiger partial charge in [-0.15, -0.1) is 0 Å². The molecule has 0 aliphatic heterocycles. The number of aliphatic imine (C=N–C) groups is 2. The largest absolute Gasteiger partial charge is 0.348 e. The number of amides is 1. The van der Waals surface area contributed by atoms with Gasteiger partial charge in [0.25, 0.3) is 5.91 Å².